The van der Waals surface area contributed by atoms with Crippen molar-refractivity contribution in [2.24, 2.45) is 5.92 Å². The number of nitrogens with zero attached hydrogens (tertiary/aromatic N) is 1. The first kappa shape index (κ1) is 20.1. The summed E-state index contributed by atoms with van der Waals surface area (Å²) in [6.45, 7) is 5.16. The van der Waals surface area contributed by atoms with E-state index in [1.54, 1.807) is 26.8 Å². The van der Waals surface area contributed by atoms with Gasteiger partial charge >= 0.3 is 18.2 Å². The SMILES string of the molecule is CC(C)(C)OC(=O)N1C[C@@H](Cc2cccc(C(F)(F)F)c2)C[C@@H]1C(=O)O. The largest absolute Gasteiger partial charge is 0.480 e. The second-order valence-corrected chi connectivity index (χ2v) is 7.49. The van der Waals surface area contributed by atoms with Crippen LogP contribution in [0.1, 0.15) is 38.3 Å². The maximum Gasteiger partial charge on any atom is 0.416 e. The Morgan fingerprint density at radius 2 is 1.92 bits per heavy atom. The molecule has 1 aliphatic rings. The number of alkyl halides is 3. The van der Waals surface area contributed by atoms with Crippen molar-refractivity contribution in [3.8, 4) is 0 Å². The predicted molar refractivity (Wildman–Crippen MR) is 87.6 cm³/mol. The van der Waals surface area contributed by atoms with E-state index in [9.17, 15) is 27.9 Å². The van der Waals surface area contributed by atoms with E-state index in [4.69, 9.17) is 4.74 Å². The van der Waals surface area contributed by atoms with Gasteiger partial charge in [0.05, 0.1) is 5.56 Å². The number of hydrogen-bond donors (Lipinski definition) is 1. The molecule has 0 aromatic heterocycles. The van der Waals surface area contributed by atoms with Crippen LogP contribution in [-0.2, 0) is 22.1 Å². The van der Waals surface area contributed by atoms with Crippen LogP contribution in [0.25, 0.3) is 0 Å². The monoisotopic (exact) mass is 373 g/mol. The number of aliphatic carboxylic acids is 1. The van der Waals surface area contributed by atoms with E-state index in [-0.39, 0.29) is 25.3 Å². The number of ether oxygens (including phenoxy) is 1. The Labute approximate surface area is 149 Å². The number of hydrogen-bond acceptors (Lipinski definition) is 3. The van der Waals surface area contributed by atoms with Crippen LogP contribution < -0.4 is 0 Å². The molecule has 1 amide bonds. The minimum atomic E-state index is -4.43. The maximum absolute atomic E-state index is 12.8. The molecule has 5 nitrogen and oxygen atoms in total. The Balaban J connectivity index is 2.12. The van der Waals surface area contributed by atoms with Crippen molar-refractivity contribution in [2.75, 3.05) is 6.54 Å². The molecule has 0 aliphatic carbocycles. The van der Waals surface area contributed by atoms with Crippen molar-refractivity contribution >= 4 is 12.1 Å². The number of carbonyl (C=O) groups excluding carboxylic acids is 1. The van der Waals surface area contributed by atoms with E-state index in [1.807, 2.05) is 0 Å². The zero-order chi connectivity index (χ0) is 19.7. The second kappa shape index (κ2) is 7.17. The lowest BCUT2D eigenvalue weighted by Gasteiger charge is -2.26. The molecule has 144 valence electrons. The van der Waals surface area contributed by atoms with Crippen molar-refractivity contribution < 1.29 is 32.6 Å². The number of carboxylic acid groups (broad SMARTS) is 1. The van der Waals surface area contributed by atoms with Gasteiger partial charge in [0.1, 0.15) is 11.6 Å². The molecular formula is C18H22F3NO4. The van der Waals surface area contributed by atoms with Gasteiger partial charge < -0.3 is 9.84 Å². The number of likely N-dealkylation sites (tertiary alicyclic amines) is 1. The number of carbonyl (C=O) groups is 2. The fourth-order valence-corrected chi connectivity index (χ4v) is 3.04. The van der Waals surface area contributed by atoms with Crippen molar-refractivity contribution in [1.82, 2.24) is 4.90 Å². The molecule has 0 unspecified atom stereocenters. The Kier molecular flexibility index (Phi) is 5.53. The molecule has 1 N–H and O–H groups in total. The van der Waals surface area contributed by atoms with Crippen molar-refractivity contribution in [2.45, 2.75) is 51.4 Å². The van der Waals surface area contributed by atoms with Crippen LogP contribution in [0.4, 0.5) is 18.0 Å². The van der Waals surface area contributed by atoms with Gasteiger partial charge in [-0.3, -0.25) is 4.90 Å². The molecule has 0 radical (unpaired) electrons. The number of halogens is 3. The van der Waals surface area contributed by atoms with Gasteiger partial charge in [0.2, 0.25) is 0 Å². The lowest BCUT2D eigenvalue weighted by molar-refractivity contribution is -0.142. The molecule has 0 spiro atoms. The first-order valence-corrected chi connectivity index (χ1v) is 8.25. The molecule has 26 heavy (non-hydrogen) atoms. The molecular weight excluding hydrogens is 351 g/mol. The average molecular weight is 373 g/mol. The van der Waals surface area contributed by atoms with E-state index < -0.39 is 35.4 Å². The molecule has 2 rings (SSSR count). The van der Waals surface area contributed by atoms with Crippen LogP contribution in [0, 0.1) is 5.92 Å². The van der Waals surface area contributed by atoms with Gasteiger partial charge in [0.25, 0.3) is 0 Å². The molecule has 0 bridgehead atoms. The fourth-order valence-electron chi connectivity index (χ4n) is 3.04. The highest BCUT2D eigenvalue weighted by molar-refractivity contribution is 5.81. The van der Waals surface area contributed by atoms with Gasteiger partial charge in [0, 0.05) is 6.54 Å². The number of benzene rings is 1. The van der Waals surface area contributed by atoms with Crippen molar-refractivity contribution in [3.05, 3.63) is 35.4 Å². The summed E-state index contributed by atoms with van der Waals surface area (Å²) in [4.78, 5) is 24.9. The first-order valence-electron chi connectivity index (χ1n) is 8.25. The van der Waals surface area contributed by atoms with Crippen LogP contribution in [0.2, 0.25) is 0 Å². The van der Waals surface area contributed by atoms with Crippen molar-refractivity contribution in [1.29, 1.82) is 0 Å². The van der Waals surface area contributed by atoms with Gasteiger partial charge in [-0.25, -0.2) is 9.59 Å². The molecule has 1 saturated heterocycles. The summed E-state index contributed by atoms with van der Waals surface area (Å²) in [6, 6.07) is 3.91. The Hall–Kier alpha value is -2.25. The normalized spacial score (nSPS) is 20.9. The molecule has 1 aliphatic heterocycles. The quantitative estimate of drug-likeness (QED) is 0.871. The summed E-state index contributed by atoms with van der Waals surface area (Å²) in [6.07, 6.45) is -4.73. The third kappa shape index (κ3) is 5.12. The zero-order valence-corrected chi connectivity index (χ0v) is 14.8. The minimum Gasteiger partial charge on any atom is -0.480 e. The van der Waals surface area contributed by atoms with Crippen LogP contribution in [0.15, 0.2) is 24.3 Å². The molecule has 0 saturated carbocycles. The summed E-state index contributed by atoms with van der Waals surface area (Å²) >= 11 is 0. The molecule has 1 aromatic rings. The highest BCUT2D eigenvalue weighted by Gasteiger charge is 2.41. The standard InChI is InChI=1S/C18H22F3NO4/c1-17(2,3)26-16(25)22-10-12(9-14(22)15(23)24)7-11-5-4-6-13(8-11)18(19,20)21/h4-6,8,12,14H,7,9-10H2,1-3H3,(H,23,24)/t12-,14+/m0/s1. The van der Waals surface area contributed by atoms with Crippen LogP contribution in [-0.4, -0.2) is 40.3 Å². The Morgan fingerprint density at radius 3 is 2.46 bits per heavy atom. The molecule has 1 heterocycles. The van der Waals surface area contributed by atoms with Crippen LogP contribution in [0.5, 0.6) is 0 Å². The van der Waals surface area contributed by atoms with Crippen LogP contribution in [0.3, 0.4) is 0 Å². The van der Waals surface area contributed by atoms with Gasteiger partial charge in [-0.1, -0.05) is 18.2 Å². The highest BCUT2D eigenvalue weighted by Crippen LogP contribution is 2.32. The third-order valence-electron chi connectivity index (χ3n) is 4.08. The van der Waals surface area contributed by atoms with Gasteiger partial charge in [-0.15, -0.1) is 0 Å². The summed E-state index contributed by atoms with van der Waals surface area (Å²) in [5.41, 5.74) is -1.05. The average Bonchev–Trinajstić information content (AvgIpc) is 2.89. The van der Waals surface area contributed by atoms with Gasteiger partial charge in [-0.05, 0) is 51.2 Å². The lowest BCUT2D eigenvalue weighted by atomic mass is 9.95. The third-order valence-corrected chi connectivity index (χ3v) is 4.08. The number of carboxylic acids is 1. The summed E-state index contributed by atoms with van der Waals surface area (Å²) < 4.78 is 43.7. The van der Waals surface area contributed by atoms with Crippen molar-refractivity contribution in [3.63, 3.8) is 0 Å². The van der Waals surface area contributed by atoms with Gasteiger partial charge in [-0.2, -0.15) is 13.2 Å². The van der Waals surface area contributed by atoms with E-state index in [0.717, 1.165) is 17.0 Å². The van der Waals surface area contributed by atoms with E-state index >= 15 is 0 Å². The maximum atomic E-state index is 12.8. The second-order valence-electron chi connectivity index (χ2n) is 7.49. The number of amides is 1. The van der Waals surface area contributed by atoms with E-state index in [1.165, 1.54) is 6.07 Å². The van der Waals surface area contributed by atoms with Gasteiger partial charge in [0.15, 0.2) is 0 Å². The molecule has 1 fully saturated rings. The first-order chi connectivity index (χ1) is 11.9. The Bertz CT molecular complexity index is 682. The van der Waals surface area contributed by atoms with Crippen LogP contribution >= 0.6 is 0 Å². The molecule has 2 atom stereocenters. The summed E-state index contributed by atoms with van der Waals surface area (Å²) in [5.74, 6) is -1.41. The number of rotatable bonds is 3. The lowest BCUT2D eigenvalue weighted by Crippen LogP contribution is -2.43. The minimum absolute atomic E-state index is 0.127. The fraction of sp³-hybridized carbons (Fsp3) is 0.556. The summed E-state index contributed by atoms with van der Waals surface area (Å²) in [7, 11) is 0. The Morgan fingerprint density at radius 1 is 1.27 bits per heavy atom. The molecule has 1 aromatic carbocycles. The topological polar surface area (TPSA) is 66.8 Å². The predicted octanol–water partition coefficient (Wildman–Crippen LogP) is 3.96. The highest BCUT2D eigenvalue weighted by atomic mass is 19.4. The summed E-state index contributed by atoms with van der Waals surface area (Å²) in [5, 5.41) is 9.37. The zero-order valence-electron chi connectivity index (χ0n) is 14.8. The smallest absolute Gasteiger partial charge is 0.416 e. The van der Waals surface area contributed by atoms with E-state index in [2.05, 4.69) is 0 Å². The molecule has 8 heteroatoms. The van der Waals surface area contributed by atoms with E-state index in [0.29, 0.717) is 5.56 Å².